The molecule has 2 aromatic rings. The van der Waals surface area contributed by atoms with E-state index in [1.807, 2.05) is 0 Å². The van der Waals surface area contributed by atoms with Gasteiger partial charge in [0.05, 0.1) is 5.56 Å². The summed E-state index contributed by atoms with van der Waals surface area (Å²) in [6.07, 6.45) is 1.53. The molecule has 0 fully saturated rings. The van der Waals surface area contributed by atoms with E-state index in [1.54, 1.807) is 13.0 Å². The number of aromatic nitrogens is 1. The van der Waals surface area contributed by atoms with Gasteiger partial charge in [0.2, 0.25) is 0 Å². The van der Waals surface area contributed by atoms with Gasteiger partial charge >= 0.3 is 0 Å². The van der Waals surface area contributed by atoms with Gasteiger partial charge in [0.25, 0.3) is 0 Å². The monoisotopic (exact) mass is 308 g/mol. The van der Waals surface area contributed by atoms with E-state index in [4.69, 9.17) is 5.73 Å². The van der Waals surface area contributed by atoms with Crippen LogP contribution in [0.1, 0.15) is 21.5 Å². The average Bonchev–Trinajstić information content (AvgIpc) is 2.32. The molecule has 0 spiro atoms. The fourth-order valence-electron chi connectivity index (χ4n) is 1.68. The van der Waals surface area contributed by atoms with E-state index in [1.165, 1.54) is 24.4 Å². The molecular weight excluding hydrogens is 299 g/mol. The summed E-state index contributed by atoms with van der Waals surface area (Å²) in [5, 5.41) is 0. The number of ketones is 1. The molecule has 0 atom stereocenters. The molecule has 0 radical (unpaired) electrons. The van der Waals surface area contributed by atoms with Gasteiger partial charge in [-0.05, 0) is 36.8 Å². The predicted octanol–water partition coefficient (Wildman–Crippen LogP) is 3.10. The number of pyridine rings is 1. The van der Waals surface area contributed by atoms with Gasteiger partial charge in [0.15, 0.2) is 5.78 Å². The molecule has 0 saturated carbocycles. The lowest BCUT2D eigenvalue weighted by atomic mass is 10.00. The summed E-state index contributed by atoms with van der Waals surface area (Å²) in [6, 6.07) is 5.64. The highest BCUT2D eigenvalue weighted by Crippen LogP contribution is 2.24. The Morgan fingerprint density at radius 1 is 1.39 bits per heavy atom. The van der Waals surface area contributed by atoms with Gasteiger partial charge in [-0.1, -0.05) is 15.9 Å². The summed E-state index contributed by atoms with van der Waals surface area (Å²) in [6.45, 7) is 1.76. The van der Waals surface area contributed by atoms with Crippen molar-refractivity contribution >= 4 is 27.5 Å². The third-order valence-corrected chi connectivity index (χ3v) is 3.28. The van der Waals surface area contributed by atoms with Crippen LogP contribution in [0.15, 0.2) is 34.9 Å². The molecule has 3 nitrogen and oxygen atoms in total. The van der Waals surface area contributed by atoms with E-state index < -0.39 is 5.82 Å². The Morgan fingerprint density at radius 2 is 2.11 bits per heavy atom. The lowest BCUT2D eigenvalue weighted by molar-refractivity contribution is 0.103. The number of hydrogen-bond donors (Lipinski definition) is 1. The summed E-state index contributed by atoms with van der Waals surface area (Å²) >= 11 is 3.23. The second kappa shape index (κ2) is 4.86. The first-order valence-corrected chi connectivity index (χ1v) is 6.01. The van der Waals surface area contributed by atoms with Crippen molar-refractivity contribution in [2.75, 3.05) is 5.73 Å². The van der Waals surface area contributed by atoms with E-state index in [2.05, 4.69) is 20.9 Å². The van der Waals surface area contributed by atoms with Crippen LogP contribution >= 0.6 is 15.9 Å². The first kappa shape index (κ1) is 12.7. The quantitative estimate of drug-likeness (QED) is 0.867. The molecule has 0 aliphatic rings. The predicted molar refractivity (Wildman–Crippen MR) is 70.9 cm³/mol. The molecule has 92 valence electrons. The Morgan fingerprint density at radius 3 is 2.78 bits per heavy atom. The van der Waals surface area contributed by atoms with Gasteiger partial charge in [-0.25, -0.2) is 9.37 Å². The minimum Gasteiger partial charge on any atom is -0.383 e. The van der Waals surface area contributed by atoms with Crippen LogP contribution in [0.5, 0.6) is 0 Å². The Labute approximate surface area is 112 Å². The van der Waals surface area contributed by atoms with Crippen molar-refractivity contribution in [2.45, 2.75) is 6.92 Å². The zero-order chi connectivity index (χ0) is 13.3. The topological polar surface area (TPSA) is 56.0 Å². The molecule has 1 heterocycles. The van der Waals surface area contributed by atoms with Crippen molar-refractivity contribution in [3.63, 3.8) is 0 Å². The first-order valence-electron chi connectivity index (χ1n) is 5.21. The van der Waals surface area contributed by atoms with E-state index in [0.717, 1.165) is 0 Å². The first-order chi connectivity index (χ1) is 8.50. The maximum Gasteiger partial charge on any atom is 0.198 e. The highest BCUT2D eigenvalue weighted by Gasteiger charge is 2.18. The molecule has 0 amide bonds. The maximum absolute atomic E-state index is 13.2. The van der Waals surface area contributed by atoms with Crippen LogP contribution in [0, 0.1) is 12.7 Å². The third-order valence-electron chi connectivity index (χ3n) is 2.59. The largest absolute Gasteiger partial charge is 0.383 e. The zero-order valence-corrected chi connectivity index (χ0v) is 11.2. The van der Waals surface area contributed by atoms with Crippen molar-refractivity contribution in [3.05, 3.63) is 57.4 Å². The molecule has 1 aromatic carbocycles. The second-order valence-corrected chi connectivity index (χ2v) is 4.70. The van der Waals surface area contributed by atoms with E-state index in [9.17, 15) is 9.18 Å². The van der Waals surface area contributed by atoms with Gasteiger partial charge in [-0.2, -0.15) is 0 Å². The Kier molecular flexibility index (Phi) is 3.43. The Bertz CT molecular complexity index is 608. The normalized spacial score (nSPS) is 10.4. The number of nitrogen functional groups attached to an aromatic ring is 1. The minimum atomic E-state index is -0.471. The molecule has 2 rings (SSSR count). The fraction of sp³-hybridized carbons (Fsp3) is 0.0769. The lowest BCUT2D eigenvalue weighted by Gasteiger charge is -2.08. The van der Waals surface area contributed by atoms with Gasteiger partial charge in [0, 0.05) is 16.2 Å². The van der Waals surface area contributed by atoms with E-state index >= 15 is 0 Å². The number of halogens is 2. The molecule has 0 unspecified atom stereocenters. The number of hydrogen-bond acceptors (Lipinski definition) is 3. The van der Waals surface area contributed by atoms with Crippen LogP contribution in [0.3, 0.4) is 0 Å². The Hall–Kier alpha value is -1.75. The molecule has 18 heavy (non-hydrogen) atoms. The maximum atomic E-state index is 13.2. The zero-order valence-electron chi connectivity index (χ0n) is 9.58. The second-order valence-electron chi connectivity index (χ2n) is 3.84. The van der Waals surface area contributed by atoms with Crippen LogP contribution in [0.2, 0.25) is 0 Å². The summed E-state index contributed by atoms with van der Waals surface area (Å²) in [5.41, 5.74) is 6.96. The van der Waals surface area contributed by atoms with Crippen molar-refractivity contribution in [1.82, 2.24) is 4.98 Å². The molecule has 0 bridgehead atoms. The number of aryl methyl sites for hydroxylation is 1. The highest BCUT2D eigenvalue weighted by atomic mass is 79.9. The lowest BCUT2D eigenvalue weighted by Crippen LogP contribution is -2.10. The standard InChI is InChI=1S/C13H10BrFN2O/c1-7-4-5-17-13(16)11(7)12(18)9-6-8(15)2-3-10(9)14/h2-6H,1H3,(H2,16,17). The van der Waals surface area contributed by atoms with Crippen molar-refractivity contribution in [2.24, 2.45) is 0 Å². The van der Waals surface area contributed by atoms with E-state index in [-0.39, 0.29) is 17.2 Å². The molecule has 0 aliphatic carbocycles. The van der Waals surface area contributed by atoms with Crippen molar-refractivity contribution < 1.29 is 9.18 Å². The van der Waals surface area contributed by atoms with Gasteiger partial charge in [0.1, 0.15) is 11.6 Å². The average molecular weight is 309 g/mol. The number of anilines is 1. The summed E-state index contributed by atoms with van der Waals surface area (Å²) in [7, 11) is 0. The van der Waals surface area contributed by atoms with E-state index in [0.29, 0.717) is 15.6 Å². The molecule has 1 aromatic heterocycles. The van der Waals surface area contributed by atoms with Gasteiger partial charge in [-0.15, -0.1) is 0 Å². The van der Waals surface area contributed by atoms with Crippen molar-refractivity contribution in [3.8, 4) is 0 Å². The number of nitrogens with zero attached hydrogens (tertiary/aromatic N) is 1. The van der Waals surface area contributed by atoms with Crippen LogP contribution in [0.4, 0.5) is 10.2 Å². The number of benzene rings is 1. The molecule has 5 heteroatoms. The molecule has 0 aliphatic heterocycles. The van der Waals surface area contributed by atoms with Crippen LogP contribution in [-0.2, 0) is 0 Å². The Balaban J connectivity index is 2.58. The SMILES string of the molecule is Cc1ccnc(N)c1C(=O)c1cc(F)ccc1Br. The number of carbonyl (C=O) groups is 1. The third kappa shape index (κ3) is 2.26. The summed E-state index contributed by atoms with van der Waals surface area (Å²) < 4.78 is 13.7. The summed E-state index contributed by atoms with van der Waals surface area (Å²) in [4.78, 5) is 16.2. The fourth-order valence-corrected chi connectivity index (χ4v) is 2.11. The van der Waals surface area contributed by atoms with Crippen molar-refractivity contribution in [1.29, 1.82) is 0 Å². The van der Waals surface area contributed by atoms with Crippen LogP contribution in [-0.4, -0.2) is 10.8 Å². The number of rotatable bonds is 2. The number of nitrogens with two attached hydrogens (primary N) is 1. The van der Waals surface area contributed by atoms with Gasteiger partial charge < -0.3 is 5.73 Å². The molecule has 2 N–H and O–H groups in total. The van der Waals surface area contributed by atoms with Gasteiger partial charge in [-0.3, -0.25) is 4.79 Å². The van der Waals surface area contributed by atoms with Crippen LogP contribution in [0.25, 0.3) is 0 Å². The smallest absolute Gasteiger partial charge is 0.198 e. The number of carbonyl (C=O) groups excluding carboxylic acids is 1. The minimum absolute atomic E-state index is 0.149. The summed E-state index contributed by atoms with van der Waals surface area (Å²) in [5.74, 6) is -0.665. The molecular formula is C13H10BrFN2O. The highest BCUT2D eigenvalue weighted by molar-refractivity contribution is 9.10. The van der Waals surface area contributed by atoms with Crippen LogP contribution < -0.4 is 5.73 Å². The molecule has 0 saturated heterocycles.